The van der Waals surface area contributed by atoms with Gasteiger partial charge in [0, 0.05) is 6.42 Å². The summed E-state index contributed by atoms with van der Waals surface area (Å²) in [5.41, 5.74) is 0. The molecule has 0 spiro atoms. The van der Waals surface area contributed by atoms with Crippen LogP contribution in [0.4, 0.5) is 0 Å². The molecule has 0 rings (SSSR count). The van der Waals surface area contributed by atoms with Crippen LogP contribution in [0, 0.1) is 0 Å². The van der Waals surface area contributed by atoms with E-state index in [-0.39, 0.29) is 12.5 Å². The van der Waals surface area contributed by atoms with Crippen molar-refractivity contribution in [3.63, 3.8) is 0 Å². The van der Waals surface area contributed by atoms with Crippen LogP contribution in [0.25, 0.3) is 0 Å². The SMILES string of the molecule is CCCCCCC/C=C\CCCCCCCC(=O)NC(COP(=O)([O-])OCC[N+](C)(C)C)C(O)/C=C/CC/C=C/CC/C=C/CCCCCCCCCCCCCCCCCCC. The van der Waals surface area contributed by atoms with E-state index in [1.54, 1.807) is 6.08 Å². The van der Waals surface area contributed by atoms with Crippen LogP contribution >= 0.6 is 7.82 Å². The number of nitrogens with one attached hydrogen (secondary N) is 1. The van der Waals surface area contributed by atoms with Crippen molar-refractivity contribution < 1.29 is 32.9 Å². The summed E-state index contributed by atoms with van der Waals surface area (Å²) in [6.07, 6.45) is 59.0. The molecule has 0 fully saturated rings. The van der Waals surface area contributed by atoms with Gasteiger partial charge in [-0.3, -0.25) is 9.36 Å². The summed E-state index contributed by atoms with van der Waals surface area (Å²) < 4.78 is 23.2. The number of quaternary nitrogens is 1. The molecule has 0 aliphatic rings. The summed E-state index contributed by atoms with van der Waals surface area (Å²) >= 11 is 0. The third kappa shape index (κ3) is 48.2. The lowest BCUT2D eigenvalue weighted by atomic mass is 10.0. The minimum Gasteiger partial charge on any atom is -0.756 e. The van der Waals surface area contributed by atoms with Crippen molar-refractivity contribution in [2.45, 2.75) is 251 Å². The first-order chi connectivity index (χ1) is 30.5. The fourth-order valence-corrected chi connectivity index (χ4v) is 8.26. The molecule has 0 saturated heterocycles. The molecule has 2 N–H and O–H groups in total. The molecule has 0 saturated carbocycles. The molecule has 0 aromatic carbocycles. The minimum atomic E-state index is -4.61. The van der Waals surface area contributed by atoms with Gasteiger partial charge in [0.25, 0.3) is 7.82 Å². The molecule has 0 aliphatic heterocycles. The summed E-state index contributed by atoms with van der Waals surface area (Å²) in [5.74, 6) is -0.221. The van der Waals surface area contributed by atoms with Crippen LogP contribution in [0.5, 0.6) is 0 Å². The zero-order valence-electron chi connectivity index (χ0n) is 42.0. The monoisotopic (exact) mass is 907 g/mol. The highest BCUT2D eigenvalue weighted by molar-refractivity contribution is 7.45. The van der Waals surface area contributed by atoms with Gasteiger partial charge < -0.3 is 28.8 Å². The van der Waals surface area contributed by atoms with E-state index in [0.717, 1.165) is 64.2 Å². The number of unbranched alkanes of at least 4 members (excludes halogenated alkanes) is 29. The number of likely N-dealkylation sites (N-methyl/N-ethyl adjacent to an activating group) is 1. The maximum atomic E-state index is 12.9. The Morgan fingerprint density at radius 1 is 0.540 bits per heavy atom. The number of rotatable bonds is 48. The van der Waals surface area contributed by atoms with Crippen LogP contribution in [0.1, 0.15) is 239 Å². The van der Waals surface area contributed by atoms with E-state index in [1.165, 1.54) is 154 Å². The van der Waals surface area contributed by atoms with E-state index in [1.807, 2.05) is 27.2 Å². The molecule has 0 heterocycles. The first-order valence-corrected chi connectivity index (χ1v) is 28.0. The smallest absolute Gasteiger partial charge is 0.268 e. The number of hydrogen-bond acceptors (Lipinski definition) is 6. The highest BCUT2D eigenvalue weighted by atomic mass is 31.2. The second-order valence-electron chi connectivity index (χ2n) is 19.2. The highest BCUT2D eigenvalue weighted by Crippen LogP contribution is 2.38. The van der Waals surface area contributed by atoms with Gasteiger partial charge in [0.05, 0.1) is 39.9 Å². The van der Waals surface area contributed by atoms with Gasteiger partial charge in [0.15, 0.2) is 0 Å². The quantitative estimate of drug-likeness (QED) is 0.0272. The summed E-state index contributed by atoms with van der Waals surface area (Å²) in [5, 5.41) is 13.8. The molecule has 3 atom stereocenters. The van der Waals surface area contributed by atoms with Crippen LogP contribution in [0.2, 0.25) is 0 Å². The topological polar surface area (TPSA) is 108 Å². The van der Waals surface area contributed by atoms with E-state index in [9.17, 15) is 19.4 Å². The second kappa shape index (κ2) is 45.6. The Labute approximate surface area is 390 Å². The Morgan fingerprint density at radius 3 is 1.29 bits per heavy atom. The maximum Gasteiger partial charge on any atom is 0.268 e. The lowest BCUT2D eigenvalue weighted by Gasteiger charge is -2.29. The van der Waals surface area contributed by atoms with Crippen molar-refractivity contribution in [3.8, 4) is 0 Å². The highest BCUT2D eigenvalue weighted by Gasteiger charge is 2.23. The molecule has 0 aromatic rings. The standard InChI is InChI=1S/C54H103N2O6P/c1-6-8-10-12-14-16-18-20-22-23-24-25-26-27-28-29-30-31-32-33-34-35-37-39-41-43-45-47-53(57)52(51-62-63(59,60)61-50-49-56(3,4)5)55-54(58)48-46-44-42-40-38-36-21-19-17-15-13-11-9-7-2/h19,21,32-33,37,39,45,47,52-53,57H,6-18,20,22-31,34-36,38,40-44,46,48-51H2,1-5H3,(H-,55,58,59,60)/b21-19-,33-32+,39-37+,47-45+. The lowest BCUT2D eigenvalue weighted by molar-refractivity contribution is -0.870. The molecule has 0 bridgehead atoms. The summed E-state index contributed by atoms with van der Waals surface area (Å²) in [7, 11) is 1.23. The lowest BCUT2D eigenvalue weighted by Crippen LogP contribution is -2.45. The first-order valence-electron chi connectivity index (χ1n) is 26.5. The summed E-state index contributed by atoms with van der Waals surface area (Å²) in [4.78, 5) is 25.4. The third-order valence-corrected chi connectivity index (χ3v) is 12.7. The largest absolute Gasteiger partial charge is 0.756 e. The molecular formula is C54H103N2O6P. The molecule has 63 heavy (non-hydrogen) atoms. The Balaban J connectivity index is 4.30. The van der Waals surface area contributed by atoms with Gasteiger partial charge in [-0.1, -0.05) is 210 Å². The Hall–Kier alpha value is -1.54. The Bertz CT molecular complexity index is 1170. The van der Waals surface area contributed by atoms with Crippen LogP contribution in [-0.2, 0) is 18.4 Å². The number of allylic oxidation sites excluding steroid dienone is 7. The Morgan fingerprint density at radius 2 is 0.889 bits per heavy atom. The van der Waals surface area contributed by atoms with E-state index < -0.39 is 26.6 Å². The second-order valence-corrected chi connectivity index (χ2v) is 20.6. The van der Waals surface area contributed by atoms with Crippen molar-refractivity contribution in [2.24, 2.45) is 0 Å². The molecule has 0 aliphatic carbocycles. The fraction of sp³-hybridized carbons (Fsp3) is 0.833. The van der Waals surface area contributed by atoms with E-state index in [2.05, 4.69) is 55.6 Å². The van der Waals surface area contributed by atoms with E-state index in [0.29, 0.717) is 17.4 Å². The van der Waals surface area contributed by atoms with Crippen LogP contribution < -0.4 is 10.2 Å². The molecule has 0 aromatic heterocycles. The predicted molar refractivity (Wildman–Crippen MR) is 270 cm³/mol. The van der Waals surface area contributed by atoms with Gasteiger partial charge in [-0.15, -0.1) is 0 Å². The summed E-state index contributed by atoms with van der Waals surface area (Å²) in [6, 6.07) is -0.914. The Kier molecular flexibility index (Phi) is 44.5. The van der Waals surface area contributed by atoms with Crippen molar-refractivity contribution in [1.82, 2.24) is 5.32 Å². The van der Waals surface area contributed by atoms with Gasteiger partial charge in [0.2, 0.25) is 5.91 Å². The number of carbonyl (C=O) groups is 1. The van der Waals surface area contributed by atoms with Gasteiger partial charge >= 0.3 is 0 Å². The van der Waals surface area contributed by atoms with Gasteiger partial charge in [-0.05, 0) is 70.6 Å². The number of hydrogen-bond donors (Lipinski definition) is 2. The number of amides is 1. The van der Waals surface area contributed by atoms with Crippen molar-refractivity contribution in [2.75, 3.05) is 40.9 Å². The van der Waals surface area contributed by atoms with Crippen LogP contribution in [0.15, 0.2) is 48.6 Å². The molecular weight excluding hydrogens is 804 g/mol. The zero-order chi connectivity index (χ0) is 46.4. The van der Waals surface area contributed by atoms with Crippen LogP contribution in [-0.4, -0.2) is 68.5 Å². The summed E-state index contributed by atoms with van der Waals surface area (Å²) in [6.45, 7) is 4.61. The van der Waals surface area contributed by atoms with Crippen molar-refractivity contribution >= 4 is 13.7 Å². The molecule has 3 unspecified atom stereocenters. The number of aliphatic hydroxyl groups excluding tert-OH is 1. The van der Waals surface area contributed by atoms with E-state index >= 15 is 0 Å². The number of carbonyl (C=O) groups excluding carboxylic acids is 1. The van der Waals surface area contributed by atoms with Gasteiger partial charge in [0.1, 0.15) is 13.2 Å². The van der Waals surface area contributed by atoms with Crippen LogP contribution in [0.3, 0.4) is 0 Å². The molecule has 8 nitrogen and oxygen atoms in total. The molecule has 0 radical (unpaired) electrons. The number of phosphoric acid groups is 1. The fourth-order valence-electron chi connectivity index (χ4n) is 7.53. The third-order valence-electron chi connectivity index (χ3n) is 11.7. The van der Waals surface area contributed by atoms with Gasteiger partial charge in [-0.25, -0.2) is 0 Å². The average Bonchev–Trinajstić information content (AvgIpc) is 3.24. The van der Waals surface area contributed by atoms with Crippen molar-refractivity contribution in [1.29, 1.82) is 0 Å². The van der Waals surface area contributed by atoms with Gasteiger partial charge in [-0.2, -0.15) is 0 Å². The predicted octanol–water partition coefficient (Wildman–Crippen LogP) is 15.0. The maximum absolute atomic E-state index is 12.9. The molecule has 9 heteroatoms. The first kappa shape index (κ1) is 61.5. The number of nitrogens with zero attached hydrogens (tertiary/aromatic N) is 1. The number of aliphatic hydroxyl groups is 1. The normalized spacial score (nSPS) is 14.5. The number of phosphoric ester groups is 1. The van der Waals surface area contributed by atoms with Crippen molar-refractivity contribution in [3.05, 3.63) is 48.6 Å². The minimum absolute atomic E-state index is 0.0113. The molecule has 370 valence electrons. The zero-order valence-corrected chi connectivity index (χ0v) is 42.9. The average molecular weight is 907 g/mol. The van der Waals surface area contributed by atoms with E-state index in [4.69, 9.17) is 9.05 Å². The molecule has 1 amide bonds.